The summed E-state index contributed by atoms with van der Waals surface area (Å²) in [5.41, 5.74) is 0. The predicted molar refractivity (Wildman–Crippen MR) is 36.7 cm³/mol. The highest BCUT2D eigenvalue weighted by Crippen LogP contribution is 2.49. The van der Waals surface area contributed by atoms with Crippen LogP contribution in [0, 0.1) is 0 Å². The Kier molecular flexibility index (Phi) is 3.96. The lowest BCUT2D eigenvalue weighted by atomic mass is 10.7. The Morgan fingerprint density at radius 1 is 1.09 bits per heavy atom. The molecule has 0 N–H and O–H groups in total. The van der Waals surface area contributed by atoms with E-state index in [-0.39, 0.29) is 5.75 Å². The van der Waals surface area contributed by atoms with Crippen LogP contribution in [0.3, 0.4) is 0 Å². The third-order valence-corrected chi connectivity index (χ3v) is 3.09. The highest BCUT2D eigenvalue weighted by Gasteiger charge is 2.58. The number of rotatable bonds is 3. The second kappa shape index (κ2) is 3.84. The number of hydrogen-bond donors (Lipinski definition) is 0. The van der Waals surface area contributed by atoms with Gasteiger partial charge in [-0.2, -0.15) is 22.0 Å². The SMILES string of the molecule is CCSSC(F)(F)C(F)(F)F. The third-order valence-electron chi connectivity index (χ3n) is 0.611. The lowest BCUT2D eigenvalue weighted by Gasteiger charge is -2.17. The van der Waals surface area contributed by atoms with Crippen molar-refractivity contribution >= 4 is 21.6 Å². The van der Waals surface area contributed by atoms with Crippen molar-refractivity contribution in [3.8, 4) is 0 Å². The highest BCUT2D eigenvalue weighted by molar-refractivity contribution is 8.77. The van der Waals surface area contributed by atoms with Gasteiger partial charge in [0, 0.05) is 5.75 Å². The summed E-state index contributed by atoms with van der Waals surface area (Å²) in [5.74, 6) is 0.219. The number of alkyl halides is 5. The van der Waals surface area contributed by atoms with Crippen molar-refractivity contribution in [3.63, 3.8) is 0 Å². The van der Waals surface area contributed by atoms with Gasteiger partial charge in [-0.1, -0.05) is 17.7 Å². The maximum atomic E-state index is 11.9. The van der Waals surface area contributed by atoms with E-state index in [0.717, 1.165) is 0 Å². The maximum absolute atomic E-state index is 11.9. The first-order valence-electron chi connectivity index (χ1n) is 2.56. The molecule has 7 heteroatoms. The Labute approximate surface area is 68.3 Å². The van der Waals surface area contributed by atoms with Crippen molar-refractivity contribution in [3.05, 3.63) is 0 Å². The topological polar surface area (TPSA) is 0 Å². The van der Waals surface area contributed by atoms with Crippen LogP contribution in [0.5, 0.6) is 0 Å². The molecule has 11 heavy (non-hydrogen) atoms. The summed E-state index contributed by atoms with van der Waals surface area (Å²) >= 11 is 0. The van der Waals surface area contributed by atoms with Gasteiger partial charge in [0.2, 0.25) is 0 Å². The van der Waals surface area contributed by atoms with Gasteiger partial charge in [-0.25, -0.2) is 0 Å². The standard InChI is InChI=1S/C4H5F5S2/c1-2-10-11-4(8,9)3(5,6)7/h2H2,1H3. The van der Waals surface area contributed by atoms with Crippen molar-refractivity contribution in [2.45, 2.75) is 18.4 Å². The third kappa shape index (κ3) is 3.50. The lowest BCUT2D eigenvalue weighted by molar-refractivity contribution is -0.237. The van der Waals surface area contributed by atoms with Gasteiger partial charge in [0.1, 0.15) is 0 Å². The van der Waals surface area contributed by atoms with Crippen LogP contribution in [0.2, 0.25) is 0 Å². The van der Waals surface area contributed by atoms with Crippen LogP contribution >= 0.6 is 21.6 Å². The zero-order valence-electron chi connectivity index (χ0n) is 5.41. The van der Waals surface area contributed by atoms with Gasteiger partial charge in [-0.15, -0.1) is 0 Å². The van der Waals surface area contributed by atoms with E-state index in [1.807, 2.05) is 0 Å². The molecule has 0 aliphatic heterocycles. The van der Waals surface area contributed by atoms with E-state index in [0.29, 0.717) is 10.8 Å². The van der Waals surface area contributed by atoms with Crippen molar-refractivity contribution in [1.29, 1.82) is 0 Å². The number of halogens is 5. The summed E-state index contributed by atoms with van der Waals surface area (Å²) in [6.07, 6.45) is -5.44. The van der Waals surface area contributed by atoms with Crippen LogP contribution in [0.25, 0.3) is 0 Å². The normalized spacial score (nSPS) is 13.6. The number of hydrogen-bond acceptors (Lipinski definition) is 2. The molecule has 0 radical (unpaired) electrons. The van der Waals surface area contributed by atoms with Gasteiger partial charge >= 0.3 is 11.4 Å². The first-order chi connectivity index (χ1) is 4.81. The molecule has 0 unspecified atom stereocenters. The van der Waals surface area contributed by atoms with Crippen LogP contribution in [-0.2, 0) is 0 Å². The van der Waals surface area contributed by atoms with E-state index < -0.39 is 22.2 Å². The Bertz CT molecular complexity index is 120. The summed E-state index contributed by atoms with van der Waals surface area (Å²) in [6.45, 7) is 1.50. The van der Waals surface area contributed by atoms with E-state index in [4.69, 9.17) is 0 Å². The molecule has 0 aromatic rings. The molecule has 0 fully saturated rings. The zero-order chi connectivity index (χ0) is 9.12. The summed E-state index contributed by atoms with van der Waals surface area (Å²) in [7, 11) is 0.0326. The molecule has 0 heterocycles. The van der Waals surface area contributed by atoms with E-state index in [9.17, 15) is 22.0 Å². The Hall–Kier alpha value is 0.350. The fourth-order valence-electron chi connectivity index (χ4n) is 0.180. The molecule has 0 atom stereocenters. The van der Waals surface area contributed by atoms with Crippen LogP contribution in [0.15, 0.2) is 0 Å². The first kappa shape index (κ1) is 11.4. The van der Waals surface area contributed by atoms with Gasteiger partial charge < -0.3 is 0 Å². The van der Waals surface area contributed by atoms with Gasteiger partial charge in [-0.3, -0.25) is 0 Å². The molecule has 0 bridgehead atoms. The molecule has 0 spiro atoms. The summed E-state index contributed by atoms with van der Waals surface area (Å²) in [5, 5.41) is -4.63. The summed E-state index contributed by atoms with van der Waals surface area (Å²) in [6, 6.07) is 0. The van der Waals surface area contributed by atoms with Gasteiger partial charge in [-0.05, 0) is 10.8 Å². The molecule has 0 amide bonds. The van der Waals surface area contributed by atoms with Gasteiger partial charge in [0.15, 0.2) is 0 Å². The largest absolute Gasteiger partial charge is 0.464 e. The minimum absolute atomic E-state index is 0.219. The fraction of sp³-hybridized carbons (Fsp3) is 1.00. The molecule has 0 saturated heterocycles. The molecule has 0 aliphatic rings. The van der Waals surface area contributed by atoms with E-state index >= 15 is 0 Å². The zero-order valence-corrected chi connectivity index (χ0v) is 7.05. The van der Waals surface area contributed by atoms with Crippen molar-refractivity contribution in [1.82, 2.24) is 0 Å². The van der Waals surface area contributed by atoms with Crippen LogP contribution in [-0.4, -0.2) is 17.2 Å². The molecule has 0 rings (SSSR count). The Morgan fingerprint density at radius 2 is 1.55 bits per heavy atom. The second-order valence-electron chi connectivity index (χ2n) is 1.50. The molecule has 0 aliphatic carbocycles. The van der Waals surface area contributed by atoms with Crippen LogP contribution in [0.4, 0.5) is 22.0 Å². The molecule has 0 saturated carbocycles. The van der Waals surface area contributed by atoms with Crippen molar-refractivity contribution < 1.29 is 22.0 Å². The molecule has 0 aromatic heterocycles. The molecule has 0 nitrogen and oxygen atoms in total. The van der Waals surface area contributed by atoms with E-state index in [1.165, 1.54) is 6.92 Å². The second-order valence-corrected chi connectivity index (χ2v) is 4.20. The van der Waals surface area contributed by atoms with Crippen molar-refractivity contribution in [2.24, 2.45) is 0 Å². The first-order valence-corrected chi connectivity index (χ1v) is 4.88. The Morgan fingerprint density at radius 3 is 1.82 bits per heavy atom. The maximum Gasteiger partial charge on any atom is 0.464 e. The van der Waals surface area contributed by atoms with Crippen LogP contribution in [0.1, 0.15) is 6.92 Å². The average molecular weight is 212 g/mol. The quantitative estimate of drug-likeness (QED) is 0.518. The predicted octanol–water partition coefficient (Wildman–Crippen LogP) is 3.54. The smallest absolute Gasteiger partial charge is 0.183 e. The molecular weight excluding hydrogens is 207 g/mol. The molecule has 0 aromatic carbocycles. The van der Waals surface area contributed by atoms with Crippen LogP contribution < -0.4 is 0 Å². The minimum atomic E-state index is -5.44. The van der Waals surface area contributed by atoms with Crippen molar-refractivity contribution in [2.75, 3.05) is 5.75 Å². The molecule has 68 valence electrons. The van der Waals surface area contributed by atoms with Gasteiger partial charge in [0.05, 0.1) is 0 Å². The lowest BCUT2D eigenvalue weighted by Crippen LogP contribution is -2.31. The summed E-state index contributed by atoms with van der Waals surface area (Å²) in [4.78, 5) is 0. The Balaban J connectivity index is 4.00. The fourth-order valence-corrected chi connectivity index (χ4v) is 1.62. The van der Waals surface area contributed by atoms with Gasteiger partial charge in [0.25, 0.3) is 0 Å². The summed E-state index contributed by atoms with van der Waals surface area (Å²) < 4.78 is 58.0. The highest BCUT2D eigenvalue weighted by atomic mass is 33.1. The minimum Gasteiger partial charge on any atom is -0.183 e. The van der Waals surface area contributed by atoms with E-state index in [1.54, 1.807) is 0 Å². The van der Waals surface area contributed by atoms with E-state index in [2.05, 4.69) is 0 Å². The average Bonchev–Trinajstić information content (AvgIpc) is 1.81. The molecular formula is C4H5F5S2. The monoisotopic (exact) mass is 212 g/mol.